The number of hydrogen-bond donors (Lipinski definition) is 2. The van der Waals surface area contributed by atoms with Gasteiger partial charge in [-0.2, -0.15) is 5.10 Å². The molecule has 2 N–H and O–H groups in total. The number of ether oxygens (including phenoxy) is 3. The fourth-order valence-electron chi connectivity index (χ4n) is 5.35. The highest BCUT2D eigenvalue weighted by atomic mass is 35.5. The monoisotopic (exact) mass is 669 g/mol. The lowest BCUT2D eigenvalue weighted by atomic mass is 9.64. The summed E-state index contributed by atoms with van der Waals surface area (Å²) in [4.78, 5) is 26.1. The Labute approximate surface area is 277 Å². The van der Waals surface area contributed by atoms with Crippen LogP contribution in [-0.4, -0.2) is 55.0 Å². The molecule has 5 rings (SSSR count). The maximum Gasteiger partial charge on any atom is 0.328 e. The molecule has 0 saturated carbocycles. The molecule has 244 valence electrons. The van der Waals surface area contributed by atoms with E-state index in [0.29, 0.717) is 51.4 Å². The zero-order valence-electron chi connectivity index (χ0n) is 26.2. The summed E-state index contributed by atoms with van der Waals surface area (Å²) >= 11 is 12.5. The van der Waals surface area contributed by atoms with E-state index in [0.717, 1.165) is 6.08 Å². The second-order valence-electron chi connectivity index (χ2n) is 12.0. The fourth-order valence-corrected chi connectivity index (χ4v) is 5.79. The summed E-state index contributed by atoms with van der Waals surface area (Å²) in [5, 5.41) is 24.7. The van der Waals surface area contributed by atoms with E-state index >= 15 is 0 Å². The topological polar surface area (TPSA) is 133 Å². The molecule has 12 heteroatoms. The van der Waals surface area contributed by atoms with Crippen LogP contribution in [0.25, 0.3) is 0 Å². The first-order valence-corrected chi connectivity index (χ1v) is 15.3. The number of halogens is 2. The SMILES string of the molecule is CC1=CC(=O)CC(C)(C)[C@@]1(O)/C=C/C(C)=C\C(=O)O.CC1COC(Cn2cncn2)(c2ccc(Oc3ccc(Cl)cc3)cc2Cl)O1. The smallest absolute Gasteiger partial charge is 0.328 e. The molecule has 10 nitrogen and oxygen atoms in total. The summed E-state index contributed by atoms with van der Waals surface area (Å²) < 4.78 is 19.6. The van der Waals surface area contributed by atoms with E-state index in [2.05, 4.69) is 10.1 Å². The van der Waals surface area contributed by atoms with Crippen molar-refractivity contribution in [2.24, 2.45) is 5.41 Å². The van der Waals surface area contributed by atoms with E-state index in [4.69, 9.17) is 42.5 Å². The third-order valence-corrected chi connectivity index (χ3v) is 8.31. The number of carboxylic acids is 1. The van der Waals surface area contributed by atoms with E-state index < -0.39 is 22.8 Å². The number of aliphatic carboxylic acids is 1. The Morgan fingerprint density at radius 2 is 1.87 bits per heavy atom. The molecule has 1 aliphatic heterocycles. The first kappa shape index (κ1) is 35.1. The number of allylic oxidation sites excluding steroid dienone is 3. The molecular weight excluding hydrogens is 633 g/mol. The summed E-state index contributed by atoms with van der Waals surface area (Å²) in [6.45, 7) is 9.76. The standard InChI is InChI=1S/C19H17Cl2N3O3.C15H20O4/c1-13-9-25-19(27-13,10-24-12-22-11-23-24)17-7-6-16(8-18(17)21)26-15-4-2-14(20)3-5-15;1-10(7-13(17)18)5-6-15(19)11(2)8-12(16)9-14(15,3)4/h2-8,11-13H,9-10H2,1H3;5-8,19H,9H2,1-4H3,(H,17,18)/b;6-5+,10-7-/t;15-/m.1/s1. The predicted octanol–water partition coefficient (Wildman–Crippen LogP) is 6.92. The van der Waals surface area contributed by atoms with Crippen LogP contribution in [-0.2, 0) is 31.4 Å². The summed E-state index contributed by atoms with van der Waals surface area (Å²) in [5.41, 5.74) is -0.0423. The van der Waals surface area contributed by atoms with Crippen molar-refractivity contribution in [2.75, 3.05) is 6.61 Å². The third kappa shape index (κ3) is 8.31. The number of rotatable bonds is 8. The molecule has 0 bridgehead atoms. The van der Waals surface area contributed by atoms with Gasteiger partial charge in [-0.15, -0.1) is 0 Å². The lowest BCUT2D eigenvalue weighted by Gasteiger charge is -2.43. The van der Waals surface area contributed by atoms with Gasteiger partial charge in [0.2, 0.25) is 5.79 Å². The highest BCUT2D eigenvalue weighted by molar-refractivity contribution is 6.31. The zero-order chi connectivity index (χ0) is 33.7. The van der Waals surface area contributed by atoms with Crippen LogP contribution in [0.5, 0.6) is 11.5 Å². The number of hydrogen-bond acceptors (Lipinski definition) is 8. The number of carboxylic acid groups (broad SMARTS) is 1. The number of benzene rings is 2. The van der Waals surface area contributed by atoms with Crippen molar-refractivity contribution in [2.45, 2.75) is 65.1 Å². The fraction of sp³-hybridized carbons (Fsp3) is 0.353. The Kier molecular flexibility index (Phi) is 10.9. The van der Waals surface area contributed by atoms with Crippen LogP contribution in [0, 0.1) is 5.41 Å². The molecule has 2 unspecified atom stereocenters. The van der Waals surface area contributed by atoms with Gasteiger partial charge in [-0.3, -0.25) is 4.79 Å². The summed E-state index contributed by atoms with van der Waals surface area (Å²) in [5.74, 6) is -0.781. The lowest BCUT2D eigenvalue weighted by Crippen LogP contribution is -2.48. The van der Waals surface area contributed by atoms with Crippen LogP contribution in [0.3, 0.4) is 0 Å². The van der Waals surface area contributed by atoms with Gasteiger partial charge in [0, 0.05) is 28.5 Å². The average molecular weight is 671 g/mol. The van der Waals surface area contributed by atoms with Crippen molar-refractivity contribution in [3.8, 4) is 11.5 Å². The quantitative estimate of drug-likeness (QED) is 0.194. The minimum atomic E-state index is -1.24. The molecule has 1 aromatic heterocycles. The predicted molar refractivity (Wildman–Crippen MR) is 174 cm³/mol. The number of aliphatic hydroxyl groups is 1. The van der Waals surface area contributed by atoms with Crippen LogP contribution in [0.1, 0.15) is 46.6 Å². The first-order valence-electron chi connectivity index (χ1n) is 14.5. The van der Waals surface area contributed by atoms with Gasteiger partial charge in [0.15, 0.2) is 5.78 Å². The maximum atomic E-state index is 11.6. The molecule has 1 aliphatic carbocycles. The lowest BCUT2D eigenvalue weighted by molar-refractivity contribution is -0.186. The van der Waals surface area contributed by atoms with Gasteiger partial charge in [0.05, 0.1) is 17.7 Å². The van der Waals surface area contributed by atoms with Crippen LogP contribution >= 0.6 is 23.2 Å². The third-order valence-electron chi connectivity index (χ3n) is 7.74. The summed E-state index contributed by atoms with van der Waals surface area (Å²) in [6, 6.07) is 12.5. The van der Waals surface area contributed by atoms with Crippen molar-refractivity contribution in [1.29, 1.82) is 0 Å². The Bertz CT molecular complexity index is 1650. The largest absolute Gasteiger partial charge is 0.478 e. The molecular formula is C34H37Cl2N3O7. The molecule has 2 heterocycles. The van der Waals surface area contributed by atoms with Gasteiger partial charge in [-0.25, -0.2) is 14.5 Å². The molecule has 2 aromatic carbocycles. The van der Waals surface area contributed by atoms with Gasteiger partial charge in [0.1, 0.15) is 36.3 Å². The van der Waals surface area contributed by atoms with Crippen LogP contribution in [0.15, 0.2) is 90.6 Å². The van der Waals surface area contributed by atoms with Crippen molar-refractivity contribution >= 4 is 35.0 Å². The molecule has 2 aliphatic rings. The van der Waals surface area contributed by atoms with Crippen LogP contribution in [0.2, 0.25) is 10.0 Å². The molecule has 46 heavy (non-hydrogen) atoms. The van der Waals surface area contributed by atoms with Gasteiger partial charge in [0.25, 0.3) is 0 Å². The maximum absolute atomic E-state index is 11.6. The number of carbonyl (C=O) groups is 2. The van der Waals surface area contributed by atoms with Crippen molar-refractivity contribution in [1.82, 2.24) is 14.8 Å². The zero-order valence-corrected chi connectivity index (χ0v) is 27.7. The van der Waals surface area contributed by atoms with Gasteiger partial charge < -0.3 is 24.4 Å². The summed E-state index contributed by atoms with van der Waals surface area (Å²) in [7, 11) is 0. The number of carbonyl (C=O) groups excluding carboxylic acids is 1. The highest BCUT2D eigenvalue weighted by Gasteiger charge is 2.47. The normalized spacial score (nSPS) is 24.3. The molecule has 3 aromatic rings. The Morgan fingerprint density at radius 3 is 2.43 bits per heavy atom. The van der Waals surface area contributed by atoms with Gasteiger partial charge in [-0.05, 0) is 86.5 Å². The van der Waals surface area contributed by atoms with Crippen LogP contribution in [0.4, 0.5) is 0 Å². The summed E-state index contributed by atoms with van der Waals surface area (Å²) in [6.07, 6.45) is 8.94. The van der Waals surface area contributed by atoms with Crippen LogP contribution < -0.4 is 4.74 Å². The highest BCUT2D eigenvalue weighted by Crippen LogP contribution is 2.44. The minimum absolute atomic E-state index is 0.00150. The molecule has 1 fully saturated rings. The molecule has 0 radical (unpaired) electrons. The van der Waals surface area contributed by atoms with Crippen molar-refractivity contribution in [3.05, 3.63) is 106 Å². The Morgan fingerprint density at radius 1 is 1.17 bits per heavy atom. The van der Waals surface area contributed by atoms with Crippen molar-refractivity contribution < 1.29 is 34.0 Å². The molecule has 3 atom stereocenters. The van der Waals surface area contributed by atoms with E-state index in [1.54, 1.807) is 67.3 Å². The number of nitrogens with zero attached hydrogens (tertiary/aromatic N) is 3. The number of ketones is 1. The van der Waals surface area contributed by atoms with E-state index in [-0.39, 0.29) is 18.3 Å². The van der Waals surface area contributed by atoms with Gasteiger partial charge >= 0.3 is 5.97 Å². The molecule has 0 spiro atoms. The Hall–Kier alpha value is -3.80. The molecule has 0 amide bonds. The Balaban J connectivity index is 0.000000224. The first-order chi connectivity index (χ1) is 21.6. The van der Waals surface area contributed by atoms with E-state index in [9.17, 15) is 14.7 Å². The molecule has 1 saturated heterocycles. The van der Waals surface area contributed by atoms with Crippen molar-refractivity contribution in [3.63, 3.8) is 0 Å². The second kappa shape index (κ2) is 14.3. The average Bonchev–Trinajstić information content (AvgIpc) is 3.61. The van der Waals surface area contributed by atoms with E-state index in [1.165, 1.54) is 12.4 Å². The second-order valence-corrected chi connectivity index (χ2v) is 12.8. The van der Waals surface area contributed by atoms with E-state index in [1.807, 2.05) is 32.9 Å². The number of aromatic nitrogens is 3. The van der Waals surface area contributed by atoms with Gasteiger partial charge in [-0.1, -0.05) is 43.1 Å². The minimum Gasteiger partial charge on any atom is -0.478 e.